The summed E-state index contributed by atoms with van der Waals surface area (Å²) in [4.78, 5) is 15.7. The van der Waals surface area contributed by atoms with Gasteiger partial charge >= 0.3 is 12.1 Å². The quantitative estimate of drug-likeness (QED) is 0.934. The lowest BCUT2D eigenvalue weighted by molar-refractivity contribution is -0.159. The van der Waals surface area contributed by atoms with Gasteiger partial charge in [-0.1, -0.05) is 5.16 Å². The van der Waals surface area contributed by atoms with Gasteiger partial charge in [-0.15, -0.1) is 11.3 Å². The largest absolute Gasteiger partial charge is 0.471 e. The van der Waals surface area contributed by atoms with Gasteiger partial charge in [0, 0.05) is 19.0 Å². The molecule has 0 aliphatic rings. The van der Waals surface area contributed by atoms with Crippen LogP contribution in [0.1, 0.15) is 16.9 Å². The summed E-state index contributed by atoms with van der Waals surface area (Å²) in [5.74, 6) is -1.97. The SMILES string of the molecule is CNC(=O)[C@H](OC)c1ccc(-c2noc(C(F)(F)F)n2)s1. The van der Waals surface area contributed by atoms with Crippen LogP contribution < -0.4 is 5.32 Å². The van der Waals surface area contributed by atoms with Crippen molar-refractivity contribution in [3.05, 3.63) is 22.9 Å². The summed E-state index contributed by atoms with van der Waals surface area (Å²) in [5, 5.41) is 5.71. The maximum atomic E-state index is 12.4. The van der Waals surface area contributed by atoms with Crippen LogP contribution >= 0.6 is 11.3 Å². The minimum Gasteiger partial charge on any atom is -0.366 e. The minimum atomic E-state index is -4.69. The lowest BCUT2D eigenvalue weighted by Crippen LogP contribution is -2.26. The normalized spacial score (nSPS) is 13.2. The second-order valence-electron chi connectivity index (χ2n) is 3.85. The highest BCUT2D eigenvalue weighted by atomic mass is 32.1. The molecule has 1 N–H and O–H groups in total. The van der Waals surface area contributed by atoms with Crippen molar-refractivity contribution in [2.75, 3.05) is 14.2 Å². The van der Waals surface area contributed by atoms with E-state index in [4.69, 9.17) is 4.74 Å². The van der Waals surface area contributed by atoms with Gasteiger partial charge in [-0.3, -0.25) is 4.79 Å². The van der Waals surface area contributed by atoms with Crippen molar-refractivity contribution in [2.45, 2.75) is 12.3 Å². The number of thiophene rings is 1. The Balaban J connectivity index is 2.27. The molecule has 0 bridgehead atoms. The number of carbonyl (C=O) groups is 1. The minimum absolute atomic E-state index is 0.190. The van der Waals surface area contributed by atoms with Crippen LogP contribution in [0, 0.1) is 0 Å². The van der Waals surface area contributed by atoms with Crippen molar-refractivity contribution in [1.29, 1.82) is 0 Å². The Labute approximate surface area is 120 Å². The van der Waals surface area contributed by atoms with E-state index in [-0.39, 0.29) is 11.7 Å². The molecular formula is C11H10F3N3O3S. The Morgan fingerprint density at radius 2 is 2.19 bits per heavy atom. The third-order valence-corrected chi connectivity index (χ3v) is 3.62. The molecule has 0 saturated heterocycles. The van der Waals surface area contributed by atoms with Gasteiger partial charge in [-0.05, 0) is 12.1 Å². The van der Waals surface area contributed by atoms with E-state index in [2.05, 4.69) is 20.0 Å². The molecule has 0 aromatic carbocycles. The van der Waals surface area contributed by atoms with Crippen LogP contribution in [0.4, 0.5) is 13.2 Å². The molecule has 0 saturated carbocycles. The zero-order chi connectivity index (χ0) is 15.6. The molecule has 0 aliphatic heterocycles. The molecular weight excluding hydrogens is 311 g/mol. The summed E-state index contributed by atoms with van der Waals surface area (Å²) >= 11 is 1.05. The first-order valence-corrected chi connectivity index (χ1v) is 6.44. The van der Waals surface area contributed by atoms with Crippen LogP contribution in [0.25, 0.3) is 10.7 Å². The Hall–Kier alpha value is -1.94. The van der Waals surface area contributed by atoms with E-state index in [1.54, 1.807) is 6.07 Å². The first-order chi connectivity index (χ1) is 9.86. The number of aromatic nitrogens is 2. The first kappa shape index (κ1) is 15.4. The number of rotatable bonds is 4. The molecule has 2 heterocycles. The third-order valence-electron chi connectivity index (χ3n) is 2.49. The number of nitrogens with zero attached hydrogens (tertiary/aromatic N) is 2. The van der Waals surface area contributed by atoms with Crippen molar-refractivity contribution >= 4 is 17.2 Å². The van der Waals surface area contributed by atoms with Gasteiger partial charge in [0.25, 0.3) is 5.91 Å². The number of hydrogen-bond acceptors (Lipinski definition) is 6. The van der Waals surface area contributed by atoms with E-state index < -0.39 is 18.2 Å². The topological polar surface area (TPSA) is 77.2 Å². The van der Waals surface area contributed by atoms with Crippen molar-refractivity contribution in [3.8, 4) is 10.7 Å². The van der Waals surface area contributed by atoms with Crippen LogP contribution in [-0.4, -0.2) is 30.2 Å². The molecule has 21 heavy (non-hydrogen) atoms. The average molecular weight is 321 g/mol. The molecule has 2 rings (SSSR count). The number of amides is 1. The number of methoxy groups -OCH3 is 1. The molecule has 0 radical (unpaired) electrons. The fourth-order valence-corrected chi connectivity index (χ4v) is 2.55. The molecule has 2 aromatic heterocycles. The summed E-state index contributed by atoms with van der Waals surface area (Å²) in [6.07, 6.45) is -5.54. The number of hydrogen-bond donors (Lipinski definition) is 1. The summed E-state index contributed by atoms with van der Waals surface area (Å²) in [7, 11) is 2.81. The van der Waals surface area contributed by atoms with Gasteiger partial charge in [0.1, 0.15) is 0 Å². The number of alkyl halides is 3. The second-order valence-corrected chi connectivity index (χ2v) is 4.97. The molecule has 10 heteroatoms. The molecule has 0 spiro atoms. The molecule has 1 atom stereocenters. The highest BCUT2D eigenvalue weighted by Crippen LogP contribution is 2.34. The van der Waals surface area contributed by atoms with Gasteiger partial charge < -0.3 is 14.6 Å². The fourth-order valence-electron chi connectivity index (χ4n) is 1.54. The second kappa shape index (κ2) is 5.82. The van der Waals surface area contributed by atoms with Gasteiger partial charge in [0.15, 0.2) is 6.10 Å². The van der Waals surface area contributed by atoms with Crippen molar-refractivity contribution in [2.24, 2.45) is 0 Å². The molecule has 114 valence electrons. The van der Waals surface area contributed by atoms with Crippen LogP contribution in [0.2, 0.25) is 0 Å². The van der Waals surface area contributed by atoms with Crippen LogP contribution in [0.3, 0.4) is 0 Å². The Morgan fingerprint density at radius 3 is 2.71 bits per heavy atom. The van der Waals surface area contributed by atoms with Crippen molar-refractivity contribution in [1.82, 2.24) is 15.5 Å². The van der Waals surface area contributed by atoms with E-state index in [1.165, 1.54) is 20.2 Å². The first-order valence-electron chi connectivity index (χ1n) is 5.62. The van der Waals surface area contributed by atoms with Crippen molar-refractivity contribution in [3.63, 3.8) is 0 Å². The van der Waals surface area contributed by atoms with Gasteiger partial charge in [-0.25, -0.2) is 0 Å². The van der Waals surface area contributed by atoms with E-state index in [1.807, 2.05) is 0 Å². The van der Waals surface area contributed by atoms with Crippen LogP contribution in [0.5, 0.6) is 0 Å². The smallest absolute Gasteiger partial charge is 0.366 e. The summed E-state index contributed by atoms with van der Waals surface area (Å²) < 4.78 is 46.4. The lowest BCUT2D eigenvalue weighted by atomic mass is 10.2. The Morgan fingerprint density at radius 1 is 1.48 bits per heavy atom. The molecule has 2 aromatic rings. The molecule has 0 aliphatic carbocycles. The van der Waals surface area contributed by atoms with E-state index in [0.717, 1.165) is 11.3 Å². The molecule has 6 nitrogen and oxygen atoms in total. The van der Waals surface area contributed by atoms with E-state index in [9.17, 15) is 18.0 Å². The van der Waals surface area contributed by atoms with E-state index in [0.29, 0.717) is 9.75 Å². The van der Waals surface area contributed by atoms with Gasteiger partial charge in [-0.2, -0.15) is 18.2 Å². The van der Waals surface area contributed by atoms with Crippen molar-refractivity contribution < 1.29 is 27.2 Å². The maximum Gasteiger partial charge on any atom is 0.471 e. The van der Waals surface area contributed by atoms with Crippen LogP contribution in [-0.2, 0) is 15.7 Å². The average Bonchev–Trinajstić information content (AvgIpc) is 3.06. The summed E-state index contributed by atoms with van der Waals surface area (Å²) in [5.41, 5.74) is 0. The molecule has 1 amide bonds. The Bertz CT molecular complexity index is 638. The zero-order valence-electron chi connectivity index (χ0n) is 10.9. The van der Waals surface area contributed by atoms with Gasteiger partial charge in [0.2, 0.25) is 5.82 Å². The van der Waals surface area contributed by atoms with E-state index >= 15 is 0 Å². The highest BCUT2D eigenvalue weighted by molar-refractivity contribution is 7.15. The third kappa shape index (κ3) is 3.22. The predicted octanol–water partition coefficient (Wildman–Crippen LogP) is 2.25. The molecule has 0 unspecified atom stereocenters. The predicted molar refractivity (Wildman–Crippen MR) is 66.4 cm³/mol. The number of nitrogens with one attached hydrogen (secondary N) is 1. The lowest BCUT2D eigenvalue weighted by Gasteiger charge is -2.10. The van der Waals surface area contributed by atoms with Crippen LogP contribution in [0.15, 0.2) is 16.7 Å². The zero-order valence-corrected chi connectivity index (χ0v) is 11.7. The highest BCUT2D eigenvalue weighted by Gasteiger charge is 2.38. The Kier molecular flexibility index (Phi) is 4.28. The number of likely N-dealkylation sites (N-methyl/N-ethyl adjacent to an activating group) is 1. The fraction of sp³-hybridized carbons (Fsp3) is 0.364. The number of ether oxygens (including phenoxy) is 1. The summed E-state index contributed by atoms with van der Waals surface area (Å²) in [6, 6.07) is 3.06. The molecule has 0 fully saturated rings. The summed E-state index contributed by atoms with van der Waals surface area (Å²) in [6.45, 7) is 0. The monoisotopic (exact) mass is 321 g/mol. The van der Waals surface area contributed by atoms with Gasteiger partial charge in [0.05, 0.1) is 4.88 Å². The number of halogens is 3. The maximum absolute atomic E-state index is 12.4. The number of carbonyl (C=O) groups excluding carboxylic acids is 1. The standard InChI is InChI=1S/C11H10F3N3O3S/c1-15-9(18)7(19-2)5-3-4-6(21-5)8-16-10(20-17-8)11(12,13)14/h3-4,7H,1-2H3,(H,15,18)/t7-/m1/s1.